The van der Waals surface area contributed by atoms with Crippen LogP contribution in [0.4, 0.5) is 5.69 Å². The molecule has 17 heavy (non-hydrogen) atoms. The fourth-order valence-corrected chi connectivity index (χ4v) is 2.61. The van der Waals surface area contributed by atoms with E-state index >= 15 is 0 Å². The van der Waals surface area contributed by atoms with Gasteiger partial charge in [-0.3, -0.25) is 4.98 Å². The van der Waals surface area contributed by atoms with Gasteiger partial charge in [0.25, 0.3) is 0 Å². The standard InChI is InChI=1S/C14H23N3/c1-17(11-12-4-2-3-5-12)9-8-14-7-6-13(15)10-16-14/h6-7,10,12H,2-5,8-9,11,15H2,1H3. The molecule has 1 aliphatic carbocycles. The number of nitrogen functional groups attached to an aromatic ring is 1. The van der Waals surface area contributed by atoms with E-state index in [2.05, 4.69) is 16.9 Å². The predicted octanol–water partition coefficient (Wildman–Crippen LogP) is 2.33. The number of nitrogens with two attached hydrogens (primary N) is 1. The zero-order valence-corrected chi connectivity index (χ0v) is 10.7. The van der Waals surface area contributed by atoms with Crippen molar-refractivity contribution in [2.45, 2.75) is 32.1 Å². The zero-order chi connectivity index (χ0) is 12.1. The van der Waals surface area contributed by atoms with Crippen molar-refractivity contribution in [3.8, 4) is 0 Å². The lowest BCUT2D eigenvalue weighted by Crippen LogP contribution is -2.26. The Morgan fingerprint density at radius 2 is 2.12 bits per heavy atom. The summed E-state index contributed by atoms with van der Waals surface area (Å²) in [6.45, 7) is 2.34. The number of hydrogen-bond acceptors (Lipinski definition) is 3. The summed E-state index contributed by atoms with van der Waals surface area (Å²) in [5, 5.41) is 0. The molecule has 0 saturated heterocycles. The highest BCUT2D eigenvalue weighted by atomic mass is 15.1. The van der Waals surface area contributed by atoms with Gasteiger partial charge in [-0.25, -0.2) is 0 Å². The van der Waals surface area contributed by atoms with Crippen LogP contribution in [0.15, 0.2) is 18.3 Å². The number of rotatable bonds is 5. The first-order valence-corrected chi connectivity index (χ1v) is 6.63. The summed E-state index contributed by atoms with van der Waals surface area (Å²) in [7, 11) is 2.22. The molecule has 3 heteroatoms. The highest BCUT2D eigenvalue weighted by Crippen LogP contribution is 2.25. The molecular formula is C14H23N3. The second-order valence-corrected chi connectivity index (χ2v) is 5.25. The van der Waals surface area contributed by atoms with Gasteiger partial charge in [-0.1, -0.05) is 12.8 Å². The van der Waals surface area contributed by atoms with Gasteiger partial charge in [-0.15, -0.1) is 0 Å². The molecule has 0 aliphatic heterocycles. The van der Waals surface area contributed by atoms with Gasteiger partial charge in [-0.05, 0) is 37.9 Å². The molecule has 1 aliphatic rings. The molecule has 0 aromatic carbocycles. The van der Waals surface area contributed by atoms with Crippen molar-refractivity contribution in [2.75, 3.05) is 25.9 Å². The molecule has 0 atom stereocenters. The first-order valence-electron chi connectivity index (χ1n) is 6.63. The molecule has 1 aromatic rings. The Labute approximate surface area is 104 Å². The van der Waals surface area contributed by atoms with Crippen molar-refractivity contribution in [1.82, 2.24) is 9.88 Å². The van der Waals surface area contributed by atoms with Gasteiger partial charge >= 0.3 is 0 Å². The normalized spacial score (nSPS) is 16.8. The second kappa shape index (κ2) is 6.01. The molecule has 0 unspecified atom stereocenters. The lowest BCUT2D eigenvalue weighted by Gasteiger charge is -2.20. The number of nitrogens with zero attached hydrogens (tertiary/aromatic N) is 2. The first-order chi connectivity index (χ1) is 8.24. The third-order valence-electron chi connectivity index (χ3n) is 3.64. The lowest BCUT2D eigenvalue weighted by molar-refractivity contribution is 0.280. The van der Waals surface area contributed by atoms with Crippen LogP contribution in [0.2, 0.25) is 0 Å². The molecule has 1 heterocycles. The van der Waals surface area contributed by atoms with Gasteiger partial charge in [0.1, 0.15) is 0 Å². The van der Waals surface area contributed by atoms with E-state index in [0.29, 0.717) is 0 Å². The minimum Gasteiger partial charge on any atom is -0.397 e. The largest absolute Gasteiger partial charge is 0.397 e. The average molecular weight is 233 g/mol. The smallest absolute Gasteiger partial charge is 0.0501 e. The molecule has 1 saturated carbocycles. The van der Waals surface area contributed by atoms with E-state index in [9.17, 15) is 0 Å². The fourth-order valence-electron chi connectivity index (χ4n) is 2.61. The third-order valence-corrected chi connectivity index (χ3v) is 3.64. The van der Waals surface area contributed by atoms with Crippen molar-refractivity contribution in [1.29, 1.82) is 0 Å². The van der Waals surface area contributed by atoms with E-state index in [1.807, 2.05) is 12.1 Å². The minimum absolute atomic E-state index is 0.744. The van der Waals surface area contributed by atoms with E-state index in [0.717, 1.165) is 30.3 Å². The van der Waals surface area contributed by atoms with Crippen LogP contribution in [0.25, 0.3) is 0 Å². The Morgan fingerprint density at radius 1 is 1.35 bits per heavy atom. The molecule has 94 valence electrons. The van der Waals surface area contributed by atoms with E-state index in [-0.39, 0.29) is 0 Å². The van der Waals surface area contributed by atoms with Gasteiger partial charge in [0.05, 0.1) is 11.9 Å². The maximum Gasteiger partial charge on any atom is 0.0501 e. The fraction of sp³-hybridized carbons (Fsp3) is 0.643. The Hall–Kier alpha value is -1.09. The van der Waals surface area contributed by atoms with Gasteiger partial charge in [0.2, 0.25) is 0 Å². The van der Waals surface area contributed by atoms with Crippen LogP contribution in [0, 0.1) is 5.92 Å². The van der Waals surface area contributed by atoms with Crippen LogP contribution in [0.1, 0.15) is 31.4 Å². The quantitative estimate of drug-likeness (QED) is 0.848. The maximum atomic E-state index is 5.62. The van der Waals surface area contributed by atoms with Crippen molar-refractivity contribution in [2.24, 2.45) is 5.92 Å². The second-order valence-electron chi connectivity index (χ2n) is 5.25. The summed E-state index contributed by atoms with van der Waals surface area (Å²) < 4.78 is 0. The first kappa shape index (κ1) is 12.4. The molecule has 2 rings (SSSR count). The number of pyridine rings is 1. The van der Waals surface area contributed by atoms with Crippen molar-refractivity contribution in [3.63, 3.8) is 0 Å². The third kappa shape index (κ3) is 4.00. The zero-order valence-electron chi connectivity index (χ0n) is 10.7. The summed E-state index contributed by atoms with van der Waals surface area (Å²) in [6, 6.07) is 3.96. The Bertz CT molecular complexity index is 328. The van der Waals surface area contributed by atoms with Gasteiger partial charge in [0, 0.05) is 25.2 Å². The van der Waals surface area contributed by atoms with Crippen LogP contribution < -0.4 is 5.73 Å². The van der Waals surface area contributed by atoms with Crippen LogP contribution >= 0.6 is 0 Å². The molecule has 0 spiro atoms. The van der Waals surface area contributed by atoms with Crippen molar-refractivity contribution in [3.05, 3.63) is 24.0 Å². The Balaban J connectivity index is 1.71. The van der Waals surface area contributed by atoms with E-state index in [1.54, 1.807) is 6.20 Å². The van der Waals surface area contributed by atoms with Crippen LogP contribution in [-0.2, 0) is 6.42 Å². The molecule has 1 aromatic heterocycles. The molecular weight excluding hydrogens is 210 g/mol. The number of aromatic nitrogens is 1. The van der Waals surface area contributed by atoms with Gasteiger partial charge < -0.3 is 10.6 Å². The predicted molar refractivity (Wildman–Crippen MR) is 71.8 cm³/mol. The van der Waals surface area contributed by atoms with Crippen molar-refractivity contribution < 1.29 is 0 Å². The highest BCUT2D eigenvalue weighted by molar-refractivity contribution is 5.34. The highest BCUT2D eigenvalue weighted by Gasteiger charge is 2.16. The van der Waals surface area contributed by atoms with Crippen LogP contribution in [0.3, 0.4) is 0 Å². The number of anilines is 1. The van der Waals surface area contributed by atoms with Crippen LogP contribution in [-0.4, -0.2) is 30.0 Å². The topological polar surface area (TPSA) is 42.1 Å². The Morgan fingerprint density at radius 3 is 2.76 bits per heavy atom. The van der Waals surface area contributed by atoms with Crippen molar-refractivity contribution >= 4 is 5.69 Å². The number of likely N-dealkylation sites (N-methyl/N-ethyl adjacent to an activating group) is 1. The number of hydrogen-bond donors (Lipinski definition) is 1. The van der Waals surface area contributed by atoms with E-state index in [4.69, 9.17) is 5.73 Å². The molecule has 3 nitrogen and oxygen atoms in total. The summed E-state index contributed by atoms with van der Waals surface area (Å²) in [6.07, 6.45) is 8.46. The average Bonchev–Trinajstić information content (AvgIpc) is 2.81. The van der Waals surface area contributed by atoms with Gasteiger partial charge in [-0.2, -0.15) is 0 Å². The maximum absolute atomic E-state index is 5.62. The van der Waals surface area contributed by atoms with E-state index in [1.165, 1.54) is 32.2 Å². The Kier molecular flexibility index (Phi) is 4.37. The van der Waals surface area contributed by atoms with Gasteiger partial charge in [0.15, 0.2) is 0 Å². The lowest BCUT2D eigenvalue weighted by atomic mass is 10.1. The molecule has 0 radical (unpaired) electrons. The molecule has 1 fully saturated rings. The summed E-state index contributed by atoms with van der Waals surface area (Å²) in [5.41, 5.74) is 7.50. The van der Waals surface area contributed by atoms with E-state index < -0.39 is 0 Å². The summed E-state index contributed by atoms with van der Waals surface area (Å²) >= 11 is 0. The monoisotopic (exact) mass is 233 g/mol. The molecule has 0 amide bonds. The summed E-state index contributed by atoms with van der Waals surface area (Å²) in [5.74, 6) is 0.930. The summed E-state index contributed by atoms with van der Waals surface area (Å²) in [4.78, 5) is 6.77. The minimum atomic E-state index is 0.744. The molecule has 2 N–H and O–H groups in total. The van der Waals surface area contributed by atoms with Crippen LogP contribution in [0.5, 0.6) is 0 Å². The SMILES string of the molecule is CN(CCc1ccc(N)cn1)CC1CCCC1. The molecule has 0 bridgehead atoms.